The maximum absolute atomic E-state index is 12.7. The molecule has 0 aliphatic rings. The maximum Gasteiger partial charge on any atom is 0.336 e. The van der Waals surface area contributed by atoms with Crippen molar-refractivity contribution in [2.45, 2.75) is 0 Å². The molecule has 0 saturated heterocycles. The topological polar surface area (TPSA) is 131 Å². The second-order valence-corrected chi connectivity index (χ2v) is 7.51. The van der Waals surface area contributed by atoms with Crippen molar-refractivity contribution in [3.8, 4) is 28.8 Å². The molecule has 0 aliphatic carbocycles. The maximum atomic E-state index is 12.7. The van der Waals surface area contributed by atoms with Crippen LogP contribution >= 0.6 is 0 Å². The van der Waals surface area contributed by atoms with E-state index in [1.165, 1.54) is 24.3 Å². The summed E-state index contributed by atoms with van der Waals surface area (Å²) < 4.78 is 17.5. The number of hydrogen-bond acceptors (Lipinski definition) is 8. The van der Waals surface area contributed by atoms with Crippen molar-refractivity contribution in [2.24, 2.45) is 0 Å². The summed E-state index contributed by atoms with van der Waals surface area (Å²) >= 11 is 0. The fourth-order valence-corrected chi connectivity index (χ4v) is 3.36. The largest absolute Gasteiger partial charge is 0.497 e. The van der Waals surface area contributed by atoms with E-state index in [9.17, 15) is 14.9 Å². The summed E-state index contributed by atoms with van der Waals surface area (Å²) in [5, 5.41) is 18.3. The lowest BCUT2D eigenvalue weighted by atomic mass is 10.1. The van der Waals surface area contributed by atoms with Crippen LogP contribution in [0.1, 0.15) is 10.4 Å². The lowest BCUT2D eigenvalue weighted by Crippen LogP contribution is -2.12. The Morgan fingerprint density at radius 2 is 1.81 bits per heavy atom. The minimum absolute atomic E-state index is 0.163. The number of nitrogens with one attached hydrogen (secondary N) is 1. The Kier molecular flexibility index (Phi) is 7.51. The van der Waals surface area contributed by atoms with Crippen LogP contribution in [0.25, 0.3) is 17.1 Å². The number of amides is 1. The molecule has 11 nitrogen and oxygen atoms in total. The molecule has 0 bridgehead atoms. The Bertz CT molecular complexity index is 1370. The minimum atomic E-state index is -0.547. The standard InChI is InChI=1S/C25H23N5O6/c1-34-13-14-36-25-27-23(17-9-11-22(35-2)12-10-17)29(28-25)20-7-4-6-19(16-20)26-24(31)18-5-3-8-21(15-18)30(32)33/h3-12,15-16H,13-14H2,1-2H3,(H,26,31). The first-order chi connectivity index (χ1) is 17.5. The van der Waals surface area contributed by atoms with Gasteiger partial charge in [0.25, 0.3) is 11.6 Å². The van der Waals surface area contributed by atoms with Gasteiger partial charge >= 0.3 is 6.01 Å². The van der Waals surface area contributed by atoms with Crippen LogP contribution in [0.15, 0.2) is 72.8 Å². The van der Waals surface area contributed by atoms with E-state index < -0.39 is 10.8 Å². The monoisotopic (exact) mass is 489 g/mol. The fourth-order valence-electron chi connectivity index (χ4n) is 3.36. The number of non-ortho nitro benzene ring substituents is 1. The molecule has 4 rings (SSSR count). The zero-order valence-electron chi connectivity index (χ0n) is 19.6. The third-order valence-corrected chi connectivity index (χ3v) is 5.12. The first-order valence-electron chi connectivity index (χ1n) is 10.9. The average Bonchev–Trinajstić information content (AvgIpc) is 3.33. The first-order valence-corrected chi connectivity index (χ1v) is 10.9. The number of carbonyl (C=O) groups is 1. The van der Waals surface area contributed by atoms with Gasteiger partial charge < -0.3 is 19.5 Å². The highest BCUT2D eigenvalue weighted by atomic mass is 16.6. The molecule has 184 valence electrons. The molecule has 0 spiro atoms. The summed E-state index contributed by atoms with van der Waals surface area (Å²) in [7, 11) is 3.16. The van der Waals surface area contributed by atoms with Crippen molar-refractivity contribution in [3.63, 3.8) is 0 Å². The molecule has 3 aromatic carbocycles. The van der Waals surface area contributed by atoms with E-state index in [4.69, 9.17) is 14.2 Å². The molecular weight excluding hydrogens is 466 g/mol. The van der Waals surface area contributed by atoms with E-state index in [0.29, 0.717) is 29.6 Å². The quantitative estimate of drug-likeness (QED) is 0.200. The van der Waals surface area contributed by atoms with Gasteiger partial charge in [-0.15, -0.1) is 5.10 Å². The predicted molar refractivity (Wildman–Crippen MR) is 132 cm³/mol. The van der Waals surface area contributed by atoms with E-state index in [1.807, 2.05) is 30.3 Å². The molecule has 0 saturated carbocycles. The Labute approximate surface area is 206 Å². The number of benzene rings is 3. The van der Waals surface area contributed by atoms with Gasteiger partial charge in [0.05, 0.1) is 24.3 Å². The Hall–Kier alpha value is -4.77. The molecule has 1 aromatic heterocycles. The molecule has 1 heterocycles. The van der Waals surface area contributed by atoms with Gasteiger partial charge in [0.15, 0.2) is 5.82 Å². The van der Waals surface area contributed by atoms with Crippen molar-refractivity contribution >= 4 is 17.3 Å². The Balaban J connectivity index is 1.65. The molecule has 4 aromatic rings. The van der Waals surface area contributed by atoms with Gasteiger partial charge in [-0.05, 0) is 48.5 Å². The second-order valence-electron chi connectivity index (χ2n) is 7.51. The summed E-state index contributed by atoms with van der Waals surface area (Å²) in [5.41, 5.74) is 1.87. The molecule has 1 N–H and O–H groups in total. The van der Waals surface area contributed by atoms with Crippen LogP contribution in [0.3, 0.4) is 0 Å². The smallest absolute Gasteiger partial charge is 0.336 e. The van der Waals surface area contributed by atoms with Crippen molar-refractivity contribution in [1.29, 1.82) is 0 Å². The van der Waals surface area contributed by atoms with Crippen molar-refractivity contribution in [2.75, 3.05) is 32.8 Å². The SMILES string of the molecule is COCCOc1nc(-c2ccc(OC)cc2)n(-c2cccc(NC(=O)c3cccc([N+](=O)[O-])c3)c2)n1. The number of hydrogen-bond donors (Lipinski definition) is 1. The lowest BCUT2D eigenvalue weighted by Gasteiger charge is -2.10. The van der Waals surface area contributed by atoms with Gasteiger partial charge in [-0.25, -0.2) is 4.68 Å². The third kappa shape index (κ3) is 5.65. The Morgan fingerprint density at radius 3 is 2.53 bits per heavy atom. The second kappa shape index (κ2) is 11.1. The highest BCUT2D eigenvalue weighted by molar-refractivity contribution is 6.04. The van der Waals surface area contributed by atoms with Gasteiger partial charge in [0.1, 0.15) is 12.4 Å². The molecule has 0 aliphatic heterocycles. The lowest BCUT2D eigenvalue weighted by molar-refractivity contribution is -0.384. The Morgan fingerprint density at radius 1 is 1.03 bits per heavy atom. The van der Waals surface area contributed by atoms with Crippen molar-refractivity contribution < 1.29 is 23.9 Å². The number of nitro groups is 1. The van der Waals surface area contributed by atoms with E-state index in [0.717, 1.165) is 5.56 Å². The molecule has 1 amide bonds. The number of anilines is 1. The van der Waals surface area contributed by atoms with Crippen LogP contribution in [0.4, 0.5) is 11.4 Å². The van der Waals surface area contributed by atoms with Crippen LogP contribution in [0.5, 0.6) is 11.8 Å². The first kappa shape index (κ1) is 24.4. The number of nitrogens with zero attached hydrogens (tertiary/aromatic N) is 4. The average molecular weight is 489 g/mol. The van der Waals surface area contributed by atoms with Crippen LogP contribution in [-0.2, 0) is 4.74 Å². The predicted octanol–water partition coefficient (Wildman–Crippen LogP) is 4.13. The van der Waals surface area contributed by atoms with Crippen LogP contribution in [0, 0.1) is 10.1 Å². The third-order valence-electron chi connectivity index (χ3n) is 5.12. The van der Waals surface area contributed by atoms with Gasteiger partial charge in [-0.2, -0.15) is 4.98 Å². The highest BCUT2D eigenvalue weighted by Crippen LogP contribution is 2.27. The summed E-state index contributed by atoms with van der Waals surface area (Å²) in [5.74, 6) is 0.743. The number of ether oxygens (including phenoxy) is 3. The number of methoxy groups -OCH3 is 2. The fraction of sp³-hybridized carbons (Fsp3) is 0.160. The normalized spacial score (nSPS) is 10.6. The van der Waals surface area contributed by atoms with E-state index in [1.54, 1.807) is 37.1 Å². The molecule has 0 fully saturated rings. The minimum Gasteiger partial charge on any atom is -0.497 e. The number of carbonyl (C=O) groups excluding carboxylic acids is 1. The molecule has 0 atom stereocenters. The van der Waals surface area contributed by atoms with Gasteiger partial charge in [0.2, 0.25) is 0 Å². The molecule has 0 unspecified atom stereocenters. The van der Waals surface area contributed by atoms with Crippen LogP contribution in [-0.4, -0.2) is 53.0 Å². The zero-order chi connectivity index (χ0) is 25.5. The summed E-state index contributed by atoms with van der Waals surface area (Å²) in [4.78, 5) is 27.7. The van der Waals surface area contributed by atoms with E-state index >= 15 is 0 Å². The van der Waals surface area contributed by atoms with Gasteiger partial charge in [0, 0.05) is 36.1 Å². The van der Waals surface area contributed by atoms with Crippen LogP contribution < -0.4 is 14.8 Å². The number of aromatic nitrogens is 3. The molecule has 11 heteroatoms. The number of nitro benzene ring substituents is 1. The molecule has 0 radical (unpaired) electrons. The van der Waals surface area contributed by atoms with E-state index in [-0.39, 0.29) is 23.9 Å². The van der Waals surface area contributed by atoms with Gasteiger partial charge in [-0.3, -0.25) is 14.9 Å². The zero-order valence-corrected chi connectivity index (χ0v) is 19.6. The van der Waals surface area contributed by atoms with Gasteiger partial charge in [-0.1, -0.05) is 12.1 Å². The summed E-state index contributed by atoms with van der Waals surface area (Å²) in [6, 6.07) is 20.0. The van der Waals surface area contributed by atoms with Crippen molar-refractivity contribution in [1.82, 2.24) is 14.8 Å². The van der Waals surface area contributed by atoms with Crippen LogP contribution in [0.2, 0.25) is 0 Å². The molecule has 36 heavy (non-hydrogen) atoms. The van der Waals surface area contributed by atoms with E-state index in [2.05, 4.69) is 15.4 Å². The van der Waals surface area contributed by atoms with Crippen molar-refractivity contribution in [3.05, 3.63) is 88.5 Å². The summed E-state index contributed by atoms with van der Waals surface area (Å²) in [6.45, 7) is 0.660. The number of rotatable bonds is 10. The summed E-state index contributed by atoms with van der Waals surface area (Å²) in [6.07, 6.45) is 0. The molecular formula is C25H23N5O6. The highest BCUT2D eigenvalue weighted by Gasteiger charge is 2.17.